The van der Waals surface area contributed by atoms with Crippen LogP contribution < -0.4 is 15.1 Å². The van der Waals surface area contributed by atoms with E-state index >= 15 is 0 Å². The summed E-state index contributed by atoms with van der Waals surface area (Å²) >= 11 is 0. The lowest BCUT2D eigenvalue weighted by atomic mass is 9.86. The molecule has 36 heavy (non-hydrogen) atoms. The van der Waals surface area contributed by atoms with Crippen molar-refractivity contribution in [3.05, 3.63) is 71.7 Å². The molecule has 0 amide bonds. The molecule has 0 bridgehead atoms. The highest BCUT2D eigenvalue weighted by molar-refractivity contribution is 6.00. The van der Waals surface area contributed by atoms with Crippen LogP contribution in [-0.4, -0.2) is 41.4 Å². The second kappa shape index (κ2) is 9.88. The van der Waals surface area contributed by atoms with Crippen molar-refractivity contribution in [2.75, 3.05) is 34.8 Å². The zero-order valence-corrected chi connectivity index (χ0v) is 21.3. The molecular formula is C29H34FN5O. The van der Waals surface area contributed by atoms with Gasteiger partial charge in [-0.15, -0.1) is 0 Å². The van der Waals surface area contributed by atoms with E-state index in [-0.39, 0.29) is 11.8 Å². The van der Waals surface area contributed by atoms with Crippen LogP contribution in [0, 0.1) is 11.2 Å². The second-order valence-electron chi connectivity index (χ2n) is 10.8. The van der Waals surface area contributed by atoms with E-state index in [2.05, 4.69) is 32.3 Å². The molecule has 0 saturated carbocycles. The number of aryl methyl sites for hydroxylation is 1. The van der Waals surface area contributed by atoms with E-state index in [1.807, 2.05) is 62.1 Å². The van der Waals surface area contributed by atoms with Gasteiger partial charge in [0.25, 0.3) is 0 Å². The van der Waals surface area contributed by atoms with Crippen LogP contribution in [0.15, 0.2) is 54.7 Å². The maximum atomic E-state index is 14.8. The molecule has 3 aromatic rings. The number of rotatable bonds is 5. The van der Waals surface area contributed by atoms with Crippen molar-refractivity contribution in [3.63, 3.8) is 0 Å². The van der Waals surface area contributed by atoms with Gasteiger partial charge in [0.15, 0.2) is 17.4 Å². The van der Waals surface area contributed by atoms with Crippen LogP contribution in [0.4, 0.5) is 27.5 Å². The summed E-state index contributed by atoms with van der Waals surface area (Å²) in [5.41, 5.74) is 3.67. The number of ketones is 1. The summed E-state index contributed by atoms with van der Waals surface area (Å²) in [5.74, 6) is 0.543. The van der Waals surface area contributed by atoms with Crippen LogP contribution in [0.3, 0.4) is 0 Å². The van der Waals surface area contributed by atoms with Crippen LogP contribution in [-0.2, 0) is 6.42 Å². The topological polar surface area (TPSA) is 61.4 Å². The Hall–Kier alpha value is -3.48. The minimum Gasteiger partial charge on any atom is -0.371 e. The molecule has 2 aromatic carbocycles. The number of carbonyl (C=O) groups is 1. The molecule has 1 N–H and O–H groups in total. The van der Waals surface area contributed by atoms with E-state index < -0.39 is 11.2 Å². The van der Waals surface area contributed by atoms with E-state index in [0.717, 1.165) is 62.3 Å². The molecule has 0 atom stereocenters. The number of benzene rings is 2. The molecule has 1 saturated heterocycles. The van der Waals surface area contributed by atoms with E-state index in [4.69, 9.17) is 0 Å². The summed E-state index contributed by atoms with van der Waals surface area (Å²) < 4.78 is 14.8. The predicted molar refractivity (Wildman–Crippen MR) is 143 cm³/mol. The molecule has 3 heterocycles. The van der Waals surface area contributed by atoms with E-state index in [1.54, 1.807) is 0 Å². The van der Waals surface area contributed by atoms with Crippen molar-refractivity contribution in [2.45, 2.75) is 52.5 Å². The van der Waals surface area contributed by atoms with Crippen LogP contribution in [0.1, 0.15) is 56.0 Å². The quantitative estimate of drug-likeness (QED) is 0.445. The molecule has 6 nitrogen and oxygen atoms in total. The molecule has 188 valence electrons. The number of nitrogens with one attached hydrogen (secondary N) is 1. The molecular weight excluding hydrogens is 453 g/mol. The Labute approximate surface area is 212 Å². The zero-order chi connectivity index (χ0) is 25.3. The van der Waals surface area contributed by atoms with Crippen LogP contribution in [0.2, 0.25) is 0 Å². The highest BCUT2D eigenvalue weighted by Crippen LogP contribution is 2.34. The molecule has 0 radical (unpaired) electrons. The number of para-hydroxylation sites is 1. The van der Waals surface area contributed by atoms with Gasteiger partial charge >= 0.3 is 0 Å². The first-order valence-corrected chi connectivity index (χ1v) is 12.8. The van der Waals surface area contributed by atoms with Gasteiger partial charge in [-0.2, -0.15) is 4.98 Å². The van der Waals surface area contributed by atoms with Crippen molar-refractivity contribution in [2.24, 2.45) is 5.41 Å². The summed E-state index contributed by atoms with van der Waals surface area (Å²) in [6, 6.07) is 16.3. The number of nitrogens with zero attached hydrogens (tertiary/aromatic N) is 4. The van der Waals surface area contributed by atoms with Gasteiger partial charge in [0.1, 0.15) is 0 Å². The molecule has 2 aliphatic rings. The zero-order valence-electron chi connectivity index (χ0n) is 21.3. The van der Waals surface area contributed by atoms with Gasteiger partial charge in [-0.1, -0.05) is 51.1 Å². The molecule has 0 spiro atoms. The fourth-order valence-corrected chi connectivity index (χ4v) is 5.11. The van der Waals surface area contributed by atoms with Crippen LogP contribution in [0.5, 0.6) is 0 Å². The number of hydrogen-bond donors (Lipinski definition) is 1. The average molecular weight is 488 g/mol. The van der Waals surface area contributed by atoms with Gasteiger partial charge in [0.2, 0.25) is 5.95 Å². The third kappa shape index (κ3) is 5.06. The van der Waals surface area contributed by atoms with Crippen molar-refractivity contribution in [1.82, 2.24) is 9.97 Å². The SMILES string of the molecule is CC(C)(C)C(=O)c1cccc(N2CCC(Nc3ncc(F)c(N4CCCc5ccccc54)n3)CC2)c1. The minimum absolute atomic E-state index is 0.154. The molecule has 5 rings (SSSR count). The van der Waals surface area contributed by atoms with Crippen molar-refractivity contribution >= 4 is 28.9 Å². The number of fused-ring (bicyclic) bond motifs is 1. The number of anilines is 4. The van der Waals surface area contributed by atoms with Gasteiger partial charge in [-0.25, -0.2) is 9.37 Å². The van der Waals surface area contributed by atoms with Gasteiger partial charge in [-0.05, 0) is 49.4 Å². The molecule has 0 unspecified atom stereocenters. The Morgan fingerprint density at radius 2 is 1.83 bits per heavy atom. The fourth-order valence-electron chi connectivity index (χ4n) is 5.11. The van der Waals surface area contributed by atoms with E-state index in [1.165, 1.54) is 11.8 Å². The normalized spacial score (nSPS) is 16.6. The van der Waals surface area contributed by atoms with Crippen molar-refractivity contribution in [3.8, 4) is 0 Å². The molecule has 1 fully saturated rings. The largest absolute Gasteiger partial charge is 0.371 e. The predicted octanol–water partition coefficient (Wildman–Crippen LogP) is 6.01. The Kier molecular flexibility index (Phi) is 6.65. The van der Waals surface area contributed by atoms with Gasteiger partial charge in [0, 0.05) is 48.0 Å². The minimum atomic E-state index is -0.406. The third-order valence-electron chi connectivity index (χ3n) is 7.07. The summed E-state index contributed by atoms with van der Waals surface area (Å²) in [5, 5.41) is 3.44. The Bertz CT molecular complexity index is 1250. The summed E-state index contributed by atoms with van der Waals surface area (Å²) in [4.78, 5) is 25.8. The third-order valence-corrected chi connectivity index (χ3v) is 7.07. The molecule has 2 aliphatic heterocycles. The summed E-state index contributed by atoms with van der Waals surface area (Å²) in [6.45, 7) is 8.31. The smallest absolute Gasteiger partial charge is 0.225 e. The van der Waals surface area contributed by atoms with Gasteiger partial charge < -0.3 is 15.1 Å². The fraction of sp³-hybridized carbons (Fsp3) is 0.414. The average Bonchev–Trinajstić information content (AvgIpc) is 2.89. The Morgan fingerprint density at radius 3 is 2.61 bits per heavy atom. The van der Waals surface area contributed by atoms with E-state index in [9.17, 15) is 9.18 Å². The Balaban J connectivity index is 1.25. The first kappa shape index (κ1) is 24.2. The first-order valence-electron chi connectivity index (χ1n) is 12.8. The van der Waals surface area contributed by atoms with Crippen molar-refractivity contribution in [1.29, 1.82) is 0 Å². The maximum Gasteiger partial charge on any atom is 0.225 e. The lowest BCUT2D eigenvalue weighted by molar-refractivity contribution is 0.0858. The number of halogens is 1. The highest BCUT2D eigenvalue weighted by Gasteiger charge is 2.26. The summed E-state index contributed by atoms with van der Waals surface area (Å²) in [6.07, 6.45) is 5.04. The van der Waals surface area contributed by atoms with Gasteiger partial charge in [0.05, 0.1) is 6.20 Å². The van der Waals surface area contributed by atoms with Crippen LogP contribution in [0.25, 0.3) is 0 Å². The molecule has 0 aliphatic carbocycles. The number of hydrogen-bond acceptors (Lipinski definition) is 6. The van der Waals surface area contributed by atoms with Crippen molar-refractivity contribution < 1.29 is 9.18 Å². The molecule has 7 heteroatoms. The monoisotopic (exact) mass is 487 g/mol. The highest BCUT2D eigenvalue weighted by atomic mass is 19.1. The number of carbonyl (C=O) groups excluding carboxylic acids is 1. The molecule has 1 aromatic heterocycles. The Morgan fingerprint density at radius 1 is 1.06 bits per heavy atom. The second-order valence-corrected chi connectivity index (χ2v) is 10.8. The standard InChI is InChI=1S/C29H34FN5O/c1-29(2,3)26(36)21-9-6-11-23(18-21)34-16-13-22(14-17-34)32-28-31-19-24(30)27(33-28)35-15-7-10-20-8-4-5-12-25(20)35/h4-6,8-9,11-12,18-19,22H,7,10,13-17H2,1-3H3,(H,31,32,33). The number of Topliss-reactive ketones (excluding diaryl/α,β-unsaturated/α-hetero) is 1. The number of piperidine rings is 1. The number of aromatic nitrogens is 2. The van der Waals surface area contributed by atoms with Gasteiger partial charge in [-0.3, -0.25) is 4.79 Å². The lowest BCUT2D eigenvalue weighted by Crippen LogP contribution is -2.39. The van der Waals surface area contributed by atoms with Crippen LogP contribution >= 0.6 is 0 Å². The van der Waals surface area contributed by atoms with E-state index in [0.29, 0.717) is 11.8 Å². The first-order chi connectivity index (χ1) is 17.3. The maximum absolute atomic E-state index is 14.8. The lowest BCUT2D eigenvalue weighted by Gasteiger charge is -2.34. The summed E-state index contributed by atoms with van der Waals surface area (Å²) in [7, 11) is 0.